The minimum Gasteiger partial charge on any atom is -0.299 e. The molecule has 1 aromatic rings. The lowest BCUT2D eigenvalue weighted by Crippen LogP contribution is -2.33. The van der Waals surface area contributed by atoms with Crippen LogP contribution in [0.1, 0.15) is 38.2 Å². The second-order valence-electron chi connectivity index (χ2n) is 5.25. The van der Waals surface area contributed by atoms with Crippen LogP contribution < -0.4 is 0 Å². The lowest BCUT2D eigenvalue weighted by atomic mass is 9.71. The molecule has 18 heavy (non-hydrogen) atoms. The number of nitro groups is 1. The van der Waals surface area contributed by atoms with Gasteiger partial charge in [-0.3, -0.25) is 14.9 Å². The van der Waals surface area contributed by atoms with Crippen molar-refractivity contribution in [3.05, 3.63) is 39.9 Å². The van der Waals surface area contributed by atoms with E-state index in [-0.39, 0.29) is 16.4 Å². The second-order valence-corrected chi connectivity index (χ2v) is 5.25. The maximum atomic E-state index is 12.0. The van der Waals surface area contributed by atoms with Crippen molar-refractivity contribution in [2.45, 2.75) is 39.0 Å². The summed E-state index contributed by atoms with van der Waals surface area (Å²) in [6.07, 6.45) is 3.90. The zero-order valence-corrected chi connectivity index (χ0v) is 10.5. The summed E-state index contributed by atoms with van der Waals surface area (Å²) in [6, 6.07) is 6.71. The van der Waals surface area contributed by atoms with E-state index in [4.69, 9.17) is 0 Å². The van der Waals surface area contributed by atoms with Crippen LogP contribution in [0.5, 0.6) is 0 Å². The van der Waals surface area contributed by atoms with Gasteiger partial charge in [0.2, 0.25) is 0 Å². The summed E-state index contributed by atoms with van der Waals surface area (Å²) < 4.78 is 0. The first-order valence-electron chi connectivity index (χ1n) is 6.28. The fraction of sp³-hybridized carbons (Fsp3) is 0.500. The first kappa shape index (κ1) is 12.7. The summed E-state index contributed by atoms with van der Waals surface area (Å²) in [7, 11) is 0. The third-order valence-corrected chi connectivity index (χ3v) is 3.82. The van der Waals surface area contributed by atoms with Crippen LogP contribution in [0.2, 0.25) is 0 Å². The molecule has 96 valence electrons. The monoisotopic (exact) mass is 247 g/mol. The van der Waals surface area contributed by atoms with E-state index in [1.165, 1.54) is 6.07 Å². The molecule has 0 aliphatic heterocycles. The molecule has 4 nitrogen and oxygen atoms in total. The molecule has 2 rings (SSSR count). The molecule has 0 aromatic heterocycles. The van der Waals surface area contributed by atoms with Crippen molar-refractivity contribution in [2.24, 2.45) is 5.41 Å². The average Bonchev–Trinajstić information content (AvgIpc) is 2.33. The molecule has 4 heteroatoms. The van der Waals surface area contributed by atoms with Crippen LogP contribution in [0.3, 0.4) is 0 Å². The van der Waals surface area contributed by atoms with Crippen molar-refractivity contribution >= 4 is 11.5 Å². The van der Waals surface area contributed by atoms with Crippen molar-refractivity contribution in [3.63, 3.8) is 0 Å². The minimum absolute atomic E-state index is 0.122. The topological polar surface area (TPSA) is 60.2 Å². The predicted octanol–water partition coefficient (Wildman–Crippen LogP) is 3.29. The van der Waals surface area contributed by atoms with E-state index >= 15 is 0 Å². The summed E-state index contributed by atoms with van der Waals surface area (Å²) in [5.41, 5.74) is 0.363. The fourth-order valence-corrected chi connectivity index (χ4v) is 2.69. The van der Waals surface area contributed by atoms with Crippen LogP contribution in [0.15, 0.2) is 24.3 Å². The van der Waals surface area contributed by atoms with Crippen LogP contribution in [0, 0.1) is 15.5 Å². The van der Waals surface area contributed by atoms with E-state index in [2.05, 4.69) is 0 Å². The molecule has 1 aromatic carbocycles. The highest BCUT2D eigenvalue weighted by molar-refractivity contribution is 5.85. The number of ketones is 1. The highest BCUT2D eigenvalue weighted by atomic mass is 16.6. The van der Waals surface area contributed by atoms with Gasteiger partial charge in [-0.25, -0.2) is 0 Å². The molecule has 0 N–H and O–H groups in total. The molecule has 1 aliphatic carbocycles. The third-order valence-electron chi connectivity index (χ3n) is 3.82. The Kier molecular flexibility index (Phi) is 3.45. The van der Waals surface area contributed by atoms with Gasteiger partial charge in [0, 0.05) is 23.5 Å². The van der Waals surface area contributed by atoms with Crippen molar-refractivity contribution in [2.75, 3.05) is 0 Å². The fourth-order valence-electron chi connectivity index (χ4n) is 2.69. The van der Waals surface area contributed by atoms with E-state index in [1.807, 2.05) is 6.92 Å². The number of rotatable bonds is 3. The molecular formula is C14H17NO3. The molecule has 1 unspecified atom stereocenters. The number of benzene rings is 1. The van der Waals surface area contributed by atoms with E-state index in [0.29, 0.717) is 18.4 Å². The lowest BCUT2D eigenvalue weighted by Gasteiger charge is -2.31. The Morgan fingerprint density at radius 2 is 2.06 bits per heavy atom. The number of carbonyl (C=O) groups excluding carboxylic acids is 1. The smallest absolute Gasteiger partial charge is 0.272 e. The van der Waals surface area contributed by atoms with Crippen molar-refractivity contribution in [3.8, 4) is 0 Å². The van der Waals surface area contributed by atoms with Gasteiger partial charge in [0.05, 0.1) is 4.92 Å². The highest BCUT2D eigenvalue weighted by Crippen LogP contribution is 2.37. The zero-order valence-electron chi connectivity index (χ0n) is 10.5. The Labute approximate surface area is 106 Å². The molecule has 0 saturated heterocycles. The Hall–Kier alpha value is -1.71. The summed E-state index contributed by atoms with van der Waals surface area (Å²) >= 11 is 0. The molecule has 0 spiro atoms. The second kappa shape index (κ2) is 4.88. The quantitative estimate of drug-likeness (QED) is 0.608. The van der Waals surface area contributed by atoms with E-state index in [0.717, 1.165) is 19.3 Å². The molecule has 1 atom stereocenters. The van der Waals surface area contributed by atoms with Gasteiger partial charge < -0.3 is 0 Å². The number of hydrogen-bond donors (Lipinski definition) is 0. The minimum atomic E-state index is -0.426. The standard InChI is InChI=1S/C14H17NO3/c1-14(9-5-4-8-13(14)16)10-11-6-2-3-7-12(11)15(17)18/h2-3,6-7H,4-5,8-10H2,1H3. The highest BCUT2D eigenvalue weighted by Gasteiger charge is 2.36. The average molecular weight is 247 g/mol. The normalized spacial score (nSPS) is 23.9. The number of Topliss-reactive ketones (excluding diaryl/α,β-unsaturated/α-hetero) is 1. The first-order valence-corrected chi connectivity index (χ1v) is 6.28. The van der Waals surface area contributed by atoms with E-state index in [1.54, 1.807) is 18.2 Å². The van der Waals surface area contributed by atoms with Crippen molar-refractivity contribution < 1.29 is 9.72 Å². The molecular weight excluding hydrogens is 230 g/mol. The number of nitrogens with zero attached hydrogens (tertiary/aromatic N) is 1. The van der Waals surface area contributed by atoms with Gasteiger partial charge in [-0.1, -0.05) is 31.5 Å². The molecule has 0 heterocycles. The van der Waals surface area contributed by atoms with Crippen LogP contribution in [-0.2, 0) is 11.2 Å². The molecule has 0 amide bonds. The molecule has 0 radical (unpaired) electrons. The number of para-hydroxylation sites is 1. The maximum absolute atomic E-state index is 12.0. The summed E-state index contributed by atoms with van der Waals surface area (Å²) in [5.74, 6) is 0.243. The number of carbonyl (C=O) groups is 1. The van der Waals surface area contributed by atoms with Gasteiger partial charge in [0.25, 0.3) is 5.69 Å². The van der Waals surface area contributed by atoms with E-state index in [9.17, 15) is 14.9 Å². The summed E-state index contributed by atoms with van der Waals surface area (Å²) in [6.45, 7) is 1.94. The Bertz CT molecular complexity index is 484. The van der Waals surface area contributed by atoms with Crippen molar-refractivity contribution in [1.82, 2.24) is 0 Å². The van der Waals surface area contributed by atoms with E-state index < -0.39 is 5.41 Å². The SMILES string of the molecule is CC1(Cc2ccccc2[N+](=O)[O-])CCCCC1=O. The Morgan fingerprint density at radius 1 is 1.33 bits per heavy atom. The van der Waals surface area contributed by atoms with Gasteiger partial charge >= 0.3 is 0 Å². The van der Waals surface area contributed by atoms with Gasteiger partial charge in [-0.05, 0) is 19.3 Å². The predicted molar refractivity (Wildman–Crippen MR) is 68.4 cm³/mol. The maximum Gasteiger partial charge on any atom is 0.272 e. The Morgan fingerprint density at radius 3 is 2.72 bits per heavy atom. The Balaban J connectivity index is 2.28. The number of nitro benzene ring substituents is 1. The summed E-state index contributed by atoms with van der Waals surface area (Å²) in [4.78, 5) is 22.6. The van der Waals surface area contributed by atoms with Gasteiger partial charge in [-0.15, -0.1) is 0 Å². The third kappa shape index (κ3) is 2.42. The van der Waals surface area contributed by atoms with Gasteiger partial charge in [0.15, 0.2) is 0 Å². The largest absolute Gasteiger partial charge is 0.299 e. The zero-order chi connectivity index (χ0) is 13.2. The summed E-state index contributed by atoms with van der Waals surface area (Å²) in [5, 5.41) is 11.0. The van der Waals surface area contributed by atoms with Crippen LogP contribution in [0.25, 0.3) is 0 Å². The van der Waals surface area contributed by atoms with Gasteiger partial charge in [0.1, 0.15) is 5.78 Å². The molecule has 1 saturated carbocycles. The van der Waals surface area contributed by atoms with Crippen LogP contribution in [-0.4, -0.2) is 10.7 Å². The lowest BCUT2D eigenvalue weighted by molar-refractivity contribution is -0.385. The van der Waals surface area contributed by atoms with Gasteiger partial charge in [-0.2, -0.15) is 0 Å². The molecule has 0 bridgehead atoms. The molecule has 1 fully saturated rings. The number of hydrogen-bond acceptors (Lipinski definition) is 3. The van der Waals surface area contributed by atoms with Crippen molar-refractivity contribution in [1.29, 1.82) is 0 Å². The van der Waals surface area contributed by atoms with Crippen LogP contribution >= 0.6 is 0 Å². The first-order chi connectivity index (χ1) is 8.53. The molecule has 1 aliphatic rings. The van der Waals surface area contributed by atoms with Crippen LogP contribution in [0.4, 0.5) is 5.69 Å².